The first-order chi connectivity index (χ1) is 14.0. The van der Waals surface area contributed by atoms with Crippen molar-refractivity contribution < 1.29 is 9.53 Å². The third-order valence-electron chi connectivity index (χ3n) is 4.90. The molecule has 6 heteroatoms. The van der Waals surface area contributed by atoms with E-state index in [1.54, 1.807) is 6.07 Å². The lowest BCUT2D eigenvalue weighted by Crippen LogP contribution is -2.37. The second kappa shape index (κ2) is 9.82. The molecule has 0 radical (unpaired) electrons. The topological polar surface area (TPSA) is 53.3 Å². The molecule has 0 aromatic heterocycles. The van der Waals surface area contributed by atoms with E-state index in [4.69, 9.17) is 17.0 Å². The summed E-state index contributed by atoms with van der Waals surface area (Å²) in [5.41, 5.74) is 1.60. The third-order valence-corrected chi connectivity index (χ3v) is 6.02. The number of thiocarbonyl (C=S) groups is 1. The van der Waals surface area contributed by atoms with Crippen LogP contribution < -0.4 is 4.74 Å². The molecule has 1 fully saturated rings. The minimum absolute atomic E-state index is 0.0647. The zero-order valence-electron chi connectivity index (χ0n) is 16.1. The monoisotopic (exact) mass is 468 g/mol. The molecule has 0 amide bonds. The highest BCUT2D eigenvalue weighted by Crippen LogP contribution is 2.28. The number of esters is 1. The Morgan fingerprint density at radius 1 is 1.24 bits per heavy atom. The van der Waals surface area contributed by atoms with Gasteiger partial charge in [0.05, 0.1) is 4.47 Å². The number of benzene rings is 2. The molecule has 0 saturated carbocycles. The zero-order chi connectivity index (χ0) is 20.8. The van der Waals surface area contributed by atoms with Gasteiger partial charge in [0.1, 0.15) is 22.4 Å². The Labute approximate surface area is 184 Å². The Bertz CT molecular complexity index is 974. The van der Waals surface area contributed by atoms with Crippen LogP contribution in [-0.2, 0) is 4.79 Å². The first-order valence-corrected chi connectivity index (χ1v) is 10.7. The van der Waals surface area contributed by atoms with Gasteiger partial charge in [-0.3, -0.25) is 0 Å². The molecule has 1 aliphatic heterocycles. The SMILES string of the molecule is CC1CCN(C(=S)c2ccc(OC(=O)/C(C#N)=C/c3ccccc3)c(Br)c2)CC1. The van der Waals surface area contributed by atoms with Crippen molar-refractivity contribution in [2.75, 3.05) is 13.1 Å². The van der Waals surface area contributed by atoms with Gasteiger partial charge >= 0.3 is 5.97 Å². The van der Waals surface area contributed by atoms with Gasteiger partial charge in [-0.05, 0) is 64.5 Å². The molecule has 148 valence electrons. The van der Waals surface area contributed by atoms with Crippen LogP contribution >= 0.6 is 28.1 Å². The van der Waals surface area contributed by atoms with Crippen molar-refractivity contribution in [2.24, 2.45) is 5.92 Å². The molecule has 1 saturated heterocycles. The van der Waals surface area contributed by atoms with Crippen LogP contribution in [0.15, 0.2) is 58.6 Å². The quantitative estimate of drug-likeness (QED) is 0.198. The summed E-state index contributed by atoms with van der Waals surface area (Å²) in [5, 5.41) is 9.33. The Hall–Kier alpha value is -2.49. The van der Waals surface area contributed by atoms with Crippen molar-refractivity contribution in [1.29, 1.82) is 5.26 Å². The highest BCUT2D eigenvalue weighted by molar-refractivity contribution is 9.10. The van der Waals surface area contributed by atoms with Gasteiger partial charge in [0.15, 0.2) is 0 Å². The fourth-order valence-electron chi connectivity index (χ4n) is 3.12. The third kappa shape index (κ3) is 5.53. The van der Waals surface area contributed by atoms with Crippen LogP contribution in [0.25, 0.3) is 6.08 Å². The Morgan fingerprint density at radius 2 is 1.93 bits per heavy atom. The summed E-state index contributed by atoms with van der Waals surface area (Å²) in [6.45, 7) is 4.19. The van der Waals surface area contributed by atoms with E-state index in [9.17, 15) is 10.1 Å². The average molecular weight is 469 g/mol. The maximum atomic E-state index is 12.4. The summed E-state index contributed by atoms with van der Waals surface area (Å²) < 4.78 is 6.05. The number of nitrogens with zero attached hydrogens (tertiary/aromatic N) is 2. The van der Waals surface area contributed by atoms with Crippen molar-refractivity contribution in [3.05, 3.63) is 69.7 Å². The number of piperidine rings is 1. The first-order valence-electron chi connectivity index (χ1n) is 9.46. The van der Waals surface area contributed by atoms with Crippen LogP contribution in [0.2, 0.25) is 0 Å². The second-order valence-corrected chi connectivity index (χ2v) is 8.33. The number of likely N-dealkylation sites (tertiary alicyclic amines) is 1. The number of ether oxygens (including phenoxy) is 1. The number of halogens is 1. The minimum atomic E-state index is -0.697. The average Bonchev–Trinajstić information content (AvgIpc) is 2.74. The largest absolute Gasteiger partial charge is 0.421 e. The molecule has 4 nitrogen and oxygen atoms in total. The molecule has 0 N–H and O–H groups in total. The molecule has 0 unspecified atom stereocenters. The van der Waals surface area contributed by atoms with Gasteiger partial charge in [0, 0.05) is 18.7 Å². The van der Waals surface area contributed by atoms with Crippen molar-refractivity contribution in [2.45, 2.75) is 19.8 Å². The molecule has 2 aromatic rings. The van der Waals surface area contributed by atoms with Gasteiger partial charge in [-0.1, -0.05) is 49.5 Å². The van der Waals surface area contributed by atoms with Crippen molar-refractivity contribution in [3.8, 4) is 11.8 Å². The Balaban J connectivity index is 1.72. The van der Waals surface area contributed by atoms with Gasteiger partial charge in [0.2, 0.25) is 0 Å². The van der Waals surface area contributed by atoms with E-state index in [1.165, 1.54) is 6.08 Å². The smallest absolute Gasteiger partial charge is 0.354 e. The van der Waals surface area contributed by atoms with E-state index >= 15 is 0 Å². The fraction of sp³-hybridized carbons (Fsp3) is 0.261. The number of rotatable bonds is 4. The van der Waals surface area contributed by atoms with Crippen LogP contribution in [0.1, 0.15) is 30.9 Å². The van der Waals surface area contributed by atoms with E-state index in [1.807, 2.05) is 48.5 Å². The standard InChI is InChI=1S/C23H21BrN2O2S/c1-16-9-11-26(12-10-16)22(29)18-7-8-21(20(24)14-18)28-23(27)19(15-25)13-17-5-3-2-4-6-17/h2-8,13-14,16H,9-12H2,1H3/b19-13+. The van der Waals surface area contributed by atoms with Crippen LogP contribution in [0, 0.1) is 17.2 Å². The predicted molar refractivity (Wildman–Crippen MR) is 121 cm³/mol. The first kappa shape index (κ1) is 21.2. The van der Waals surface area contributed by atoms with E-state index in [0.29, 0.717) is 10.2 Å². The molecule has 0 aliphatic carbocycles. The van der Waals surface area contributed by atoms with Crippen molar-refractivity contribution in [3.63, 3.8) is 0 Å². The van der Waals surface area contributed by atoms with Crippen LogP contribution in [0.4, 0.5) is 0 Å². The summed E-state index contributed by atoms with van der Waals surface area (Å²) in [6.07, 6.45) is 3.79. The van der Waals surface area contributed by atoms with Gasteiger partial charge in [0.25, 0.3) is 0 Å². The maximum Gasteiger partial charge on any atom is 0.354 e. The highest BCUT2D eigenvalue weighted by atomic mass is 79.9. The summed E-state index contributed by atoms with van der Waals surface area (Å²) >= 11 is 9.11. The molecular weight excluding hydrogens is 448 g/mol. The highest BCUT2D eigenvalue weighted by Gasteiger charge is 2.20. The predicted octanol–water partition coefficient (Wildman–Crippen LogP) is 5.37. The molecule has 1 aliphatic rings. The maximum absolute atomic E-state index is 12.4. The van der Waals surface area contributed by atoms with E-state index in [0.717, 1.165) is 48.0 Å². The summed E-state index contributed by atoms with van der Waals surface area (Å²) in [7, 11) is 0. The molecule has 1 heterocycles. The van der Waals surface area contributed by atoms with Gasteiger partial charge in [-0.2, -0.15) is 5.26 Å². The van der Waals surface area contributed by atoms with Crippen LogP contribution in [-0.4, -0.2) is 28.9 Å². The van der Waals surface area contributed by atoms with Crippen LogP contribution in [0.5, 0.6) is 5.75 Å². The molecule has 0 atom stereocenters. The van der Waals surface area contributed by atoms with E-state index in [-0.39, 0.29) is 5.57 Å². The zero-order valence-corrected chi connectivity index (χ0v) is 18.5. The lowest BCUT2D eigenvalue weighted by Gasteiger charge is -2.32. The Kier molecular flexibility index (Phi) is 7.18. The van der Waals surface area contributed by atoms with E-state index in [2.05, 4.69) is 27.8 Å². The number of carbonyl (C=O) groups excluding carboxylic acids is 1. The molecule has 29 heavy (non-hydrogen) atoms. The normalized spacial score (nSPS) is 14.9. The molecular formula is C23H21BrN2O2S. The summed E-state index contributed by atoms with van der Waals surface area (Å²) in [5.74, 6) is 0.390. The number of hydrogen-bond donors (Lipinski definition) is 0. The minimum Gasteiger partial charge on any atom is -0.421 e. The molecule has 0 spiro atoms. The number of carbonyl (C=O) groups is 1. The number of hydrogen-bond acceptors (Lipinski definition) is 4. The molecule has 0 bridgehead atoms. The molecule has 2 aromatic carbocycles. The Morgan fingerprint density at radius 3 is 2.55 bits per heavy atom. The van der Waals surface area contributed by atoms with Gasteiger partial charge in [-0.25, -0.2) is 4.79 Å². The van der Waals surface area contributed by atoms with Crippen molar-refractivity contribution in [1.82, 2.24) is 4.90 Å². The summed E-state index contributed by atoms with van der Waals surface area (Å²) in [4.78, 5) is 15.5. The van der Waals surface area contributed by atoms with Crippen LogP contribution in [0.3, 0.4) is 0 Å². The second-order valence-electron chi connectivity index (χ2n) is 7.09. The lowest BCUT2D eigenvalue weighted by atomic mass is 9.99. The fourth-order valence-corrected chi connectivity index (χ4v) is 3.89. The van der Waals surface area contributed by atoms with Gasteiger partial charge < -0.3 is 9.64 Å². The van der Waals surface area contributed by atoms with Gasteiger partial charge in [-0.15, -0.1) is 0 Å². The molecule has 3 rings (SSSR count). The summed E-state index contributed by atoms with van der Waals surface area (Å²) in [6, 6.07) is 16.5. The number of nitriles is 1. The van der Waals surface area contributed by atoms with E-state index < -0.39 is 5.97 Å². The lowest BCUT2D eigenvalue weighted by molar-refractivity contribution is -0.129. The van der Waals surface area contributed by atoms with Crippen molar-refractivity contribution >= 4 is 45.2 Å².